The van der Waals surface area contributed by atoms with Crippen LogP contribution in [0.3, 0.4) is 0 Å². The third-order valence-electron chi connectivity index (χ3n) is 1.13. The van der Waals surface area contributed by atoms with Crippen molar-refractivity contribution < 1.29 is 4.79 Å². The highest BCUT2D eigenvalue weighted by Gasteiger charge is 2.35. The van der Waals surface area contributed by atoms with Crippen LogP contribution >= 0.6 is 12.2 Å². The molecule has 0 fully saturated rings. The topological polar surface area (TPSA) is 79.8 Å². The molecule has 0 spiro atoms. The number of carbonyl (C=O) groups is 1. The molecule has 5 nitrogen and oxygen atoms in total. The van der Waals surface area contributed by atoms with E-state index in [1.165, 1.54) is 6.92 Å². The van der Waals surface area contributed by atoms with Gasteiger partial charge in [-0.3, -0.25) is 10.5 Å². The molecule has 0 aromatic carbocycles. The van der Waals surface area contributed by atoms with E-state index in [9.17, 15) is 4.79 Å². The average Bonchev–Trinajstić information content (AvgIpc) is 2.13. The van der Waals surface area contributed by atoms with Gasteiger partial charge in [0.2, 0.25) is 5.11 Å². The summed E-state index contributed by atoms with van der Waals surface area (Å²) in [6, 6.07) is 0. The predicted molar refractivity (Wildman–Crippen MR) is 38.2 cm³/mol. The summed E-state index contributed by atoms with van der Waals surface area (Å²) in [7, 11) is 0. The van der Waals surface area contributed by atoms with Crippen LogP contribution in [0.5, 0.6) is 0 Å². The highest BCUT2D eigenvalue weighted by Crippen LogP contribution is 2.07. The molecule has 1 heterocycles. The molecular formula is C4H6N4OS. The van der Waals surface area contributed by atoms with Gasteiger partial charge in [0.15, 0.2) is 5.78 Å². The van der Waals surface area contributed by atoms with Crippen molar-refractivity contribution in [2.75, 3.05) is 0 Å². The van der Waals surface area contributed by atoms with Crippen molar-refractivity contribution in [2.45, 2.75) is 12.7 Å². The van der Waals surface area contributed by atoms with Crippen LogP contribution in [0.2, 0.25) is 0 Å². The monoisotopic (exact) mass is 158 g/mol. The maximum Gasteiger partial charge on any atom is 0.263 e. The first-order chi connectivity index (χ1) is 4.54. The van der Waals surface area contributed by atoms with E-state index >= 15 is 0 Å². The molecule has 1 unspecified atom stereocenters. The lowest BCUT2D eigenvalue weighted by Crippen LogP contribution is -2.55. The van der Waals surface area contributed by atoms with Crippen molar-refractivity contribution in [1.29, 1.82) is 0 Å². The molecule has 0 saturated carbocycles. The van der Waals surface area contributed by atoms with Crippen LogP contribution in [0.25, 0.3) is 0 Å². The van der Waals surface area contributed by atoms with Crippen LogP contribution in [0.4, 0.5) is 0 Å². The van der Waals surface area contributed by atoms with Gasteiger partial charge in [0.25, 0.3) is 5.79 Å². The van der Waals surface area contributed by atoms with E-state index in [2.05, 4.69) is 27.8 Å². The molecule has 1 aliphatic heterocycles. The normalized spacial score (nSPS) is 30.4. The molecule has 10 heavy (non-hydrogen) atoms. The van der Waals surface area contributed by atoms with Gasteiger partial charge in [-0.15, -0.1) is 10.2 Å². The Labute approximate surface area is 62.7 Å². The summed E-state index contributed by atoms with van der Waals surface area (Å²) >= 11 is 4.58. The average molecular weight is 158 g/mol. The number of nitrogens with two attached hydrogens (primary N) is 1. The van der Waals surface area contributed by atoms with Crippen LogP contribution in [0.1, 0.15) is 6.92 Å². The minimum Gasteiger partial charge on any atom is -0.315 e. The van der Waals surface area contributed by atoms with Gasteiger partial charge in [0, 0.05) is 6.92 Å². The molecule has 1 aliphatic rings. The minimum absolute atomic E-state index is 0.151. The molecule has 0 aliphatic carbocycles. The predicted octanol–water partition coefficient (Wildman–Crippen LogP) is -0.472. The van der Waals surface area contributed by atoms with E-state index in [1.807, 2.05) is 0 Å². The summed E-state index contributed by atoms with van der Waals surface area (Å²) in [6.07, 6.45) is 0. The van der Waals surface area contributed by atoms with Gasteiger partial charge in [0.1, 0.15) is 0 Å². The molecule has 54 valence electrons. The maximum atomic E-state index is 10.7. The summed E-state index contributed by atoms with van der Waals surface area (Å²) < 4.78 is 0. The van der Waals surface area contributed by atoms with Gasteiger partial charge in [-0.1, -0.05) is 0 Å². The lowest BCUT2D eigenvalue weighted by molar-refractivity contribution is -0.122. The van der Waals surface area contributed by atoms with Crippen LogP contribution in [0.15, 0.2) is 10.2 Å². The Morgan fingerprint density at radius 3 is 2.70 bits per heavy atom. The number of carbonyl (C=O) groups excluding carboxylic acids is 1. The number of Topliss-reactive ketones (excluding diaryl/α,β-unsaturated/α-hetero) is 1. The van der Waals surface area contributed by atoms with Gasteiger partial charge in [-0.05, 0) is 12.2 Å². The standard InChI is InChI=1S/C4H6N4OS/c1-2(9)4(5)6-3(10)7-8-4/h5H2,1H3,(H,6,10). The third-order valence-corrected chi connectivity index (χ3v) is 1.32. The quantitative estimate of drug-likeness (QED) is 0.505. The first-order valence-electron chi connectivity index (χ1n) is 2.59. The fraction of sp³-hybridized carbons (Fsp3) is 0.500. The third kappa shape index (κ3) is 1.03. The number of rotatable bonds is 1. The molecule has 0 aromatic rings. The van der Waals surface area contributed by atoms with Crippen molar-refractivity contribution in [3.63, 3.8) is 0 Å². The molecular weight excluding hydrogens is 152 g/mol. The molecule has 3 N–H and O–H groups in total. The van der Waals surface area contributed by atoms with Crippen LogP contribution < -0.4 is 11.1 Å². The van der Waals surface area contributed by atoms with Gasteiger partial charge in [-0.2, -0.15) is 0 Å². The summed E-state index contributed by atoms with van der Waals surface area (Å²) in [5.41, 5.74) is 5.38. The summed E-state index contributed by atoms with van der Waals surface area (Å²) in [4.78, 5) is 10.7. The van der Waals surface area contributed by atoms with Gasteiger partial charge < -0.3 is 5.32 Å². The van der Waals surface area contributed by atoms with Crippen molar-refractivity contribution in [2.24, 2.45) is 16.0 Å². The van der Waals surface area contributed by atoms with E-state index in [-0.39, 0.29) is 10.9 Å². The maximum absolute atomic E-state index is 10.7. The number of hydrogen-bond donors (Lipinski definition) is 2. The molecule has 0 amide bonds. The molecule has 1 rings (SSSR count). The van der Waals surface area contributed by atoms with Gasteiger partial charge in [0.05, 0.1) is 0 Å². The number of hydrogen-bond acceptors (Lipinski definition) is 4. The zero-order valence-electron chi connectivity index (χ0n) is 5.29. The number of nitrogens with one attached hydrogen (secondary N) is 1. The fourth-order valence-electron chi connectivity index (χ4n) is 0.496. The van der Waals surface area contributed by atoms with Crippen LogP contribution in [-0.2, 0) is 4.79 Å². The van der Waals surface area contributed by atoms with E-state index in [4.69, 9.17) is 5.73 Å². The fourth-order valence-corrected chi connectivity index (χ4v) is 0.692. The minimum atomic E-state index is -1.41. The lowest BCUT2D eigenvalue weighted by Gasteiger charge is -2.14. The first-order valence-corrected chi connectivity index (χ1v) is 3.00. The Hall–Kier alpha value is -0.880. The molecule has 0 bridgehead atoms. The highest BCUT2D eigenvalue weighted by molar-refractivity contribution is 7.80. The zero-order chi connectivity index (χ0) is 7.78. The Bertz CT molecular complexity index is 225. The Morgan fingerprint density at radius 2 is 2.50 bits per heavy atom. The molecule has 1 atom stereocenters. The summed E-state index contributed by atoms with van der Waals surface area (Å²) in [5.74, 6) is -1.71. The Kier molecular flexibility index (Phi) is 1.49. The lowest BCUT2D eigenvalue weighted by atomic mass is 10.3. The Morgan fingerprint density at radius 1 is 1.90 bits per heavy atom. The number of azo groups is 1. The molecule has 0 radical (unpaired) electrons. The number of ketones is 1. The van der Waals surface area contributed by atoms with Crippen molar-refractivity contribution in [1.82, 2.24) is 5.32 Å². The van der Waals surface area contributed by atoms with E-state index in [1.54, 1.807) is 0 Å². The summed E-state index contributed by atoms with van der Waals surface area (Å²) in [5, 5.41) is 9.47. The molecule has 6 heteroatoms. The number of thiocarbonyl (C=S) groups is 1. The van der Waals surface area contributed by atoms with Crippen LogP contribution in [-0.4, -0.2) is 16.7 Å². The second-order valence-corrected chi connectivity index (χ2v) is 2.34. The van der Waals surface area contributed by atoms with Crippen molar-refractivity contribution >= 4 is 23.1 Å². The largest absolute Gasteiger partial charge is 0.315 e. The van der Waals surface area contributed by atoms with E-state index in [0.29, 0.717) is 0 Å². The second kappa shape index (κ2) is 2.06. The Balaban J connectivity index is 2.84. The van der Waals surface area contributed by atoms with Crippen molar-refractivity contribution in [3.8, 4) is 0 Å². The van der Waals surface area contributed by atoms with Crippen molar-refractivity contribution in [3.05, 3.63) is 0 Å². The van der Waals surface area contributed by atoms with E-state index < -0.39 is 5.79 Å². The highest BCUT2D eigenvalue weighted by atomic mass is 32.1. The van der Waals surface area contributed by atoms with Crippen LogP contribution in [0, 0.1) is 0 Å². The SMILES string of the molecule is CC(=O)C1(N)N=NC(=S)N1. The smallest absolute Gasteiger partial charge is 0.263 e. The summed E-state index contributed by atoms with van der Waals surface area (Å²) in [6.45, 7) is 1.32. The zero-order valence-corrected chi connectivity index (χ0v) is 6.10. The van der Waals surface area contributed by atoms with Gasteiger partial charge in [-0.25, -0.2) is 0 Å². The first kappa shape index (κ1) is 7.23. The number of nitrogens with zero attached hydrogens (tertiary/aromatic N) is 2. The second-order valence-electron chi connectivity index (χ2n) is 1.95. The van der Waals surface area contributed by atoms with E-state index in [0.717, 1.165) is 0 Å². The molecule has 0 saturated heterocycles. The van der Waals surface area contributed by atoms with Gasteiger partial charge >= 0.3 is 0 Å². The molecule has 0 aromatic heterocycles.